The van der Waals surface area contributed by atoms with E-state index in [9.17, 15) is 9.59 Å². The van der Waals surface area contributed by atoms with Crippen LogP contribution in [-0.2, 0) is 19.1 Å². The summed E-state index contributed by atoms with van der Waals surface area (Å²) in [7, 11) is 0. The molecular weight excluding hydrogens is 272 g/mol. The Morgan fingerprint density at radius 2 is 1.90 bits per heavy atom. The van der Waals surface area contributed by atoms with Gasteiger partial charge in [0.1, 0.15) is 6.04 Å². The monoisotopic (exact) mass is 296 g/mol. The lowest BCUT2D eigenvalue weighted by atomic mass is 10.00. The van der Waals surface area contributed by atoms with Crippen LogP contribution in [0.1, 0.15) is 26.7 Å². The lowest BCUT2D eigenvalue weighted by Gasteiger charge is -2.43. The Morgan fingerprint density at radius 3 is 2.43 bits per heavy atom. The largest absolute Gasteiger partial charge is 0.376 e. The number of amides is 2. The van der Waals surface area contributed by atoms with E-state index in [1.54, 1.807) is 4.90 Å². The van der Waals surface area contributed by atoms with Crippen LogP contribution < -0.4 is 0 Å². The van der Waals surface area contributed by atoms with Gasteiger partial charge in [-0.1, -0.05) is 13.8 Å². The molecule has 0 aromatic heterocycles. The van der Waals surface area contributed by atoms with E-state index in [0.717, 1.165) is 6.42 Å². The Balaban J connectivity index is 1.73. The van der Waals surface area contributed by atoms with E-state index >= 15 is 0 Å². The molecule has 3 rings (SSSR count). The molecule has 3 saturated heterocycles. The van der Waals surface area contributed by atoms with Gasteiger partial charge in [0, 0.05) is 26.1 Å². The fraction of sp³-hybridized carbons (Fsp3) is 0.867. The maximum atomic E-state index is 12.9. The first-order valence-electron chi connectivity index (χ1n) is 7.87. The standard InChI is InChI=1S/C15H24N2O4/c1-10(2)14(17-5-3-4-13(17)18)15(19)16-6-11-8-20-9-12(7-16)21-11/h10-12,14H,3-9H2,1-2H3. The lowest BCUT2D eigenvalue weighted by molar-refractivity contribution is -0.188. The third kappa shape index (κ3) is 2.92. The molecule has 2 amide bonds. The molecule has 3 aliphatic heterocycles. The van der Waals surface area contributed by atoms with Gasteiger partial charge in [0.05, 0.1) is 25.4 Å². The molecule has 3 fully saturated rings. The number of rotatable bonds is 3. The van der Waals surface area contributed by atoms with Crippen molar-refractivity contribution in [2.24, 2.45) is 5.92 Å². The van der Waals surface area contributed by atoms with Crippen molar-refractivity contribution in [3.05, 3.63) is 0 Å². The number of morpholine rings is 1. The molecule has 3 unspecified atom stereocenters. The van der Waals surface area contributed by atoms with Gasteiger partial charge in [-0.2, -0.15) is 0 Å². The van der Waals surface area contributed by atoms with E-state index in [-0.39, 0.29) is 36.0 Å². The van der Waals surface area contributed by atoms with Gasteiger partial charge >= 0.3 is 0 Å². The summed E-state index contributed by atoms with van der Waals surface area (Å²) in [5.41, 5.74) is 0. The number of likely N-dealkylation sites (tertiary alicyclic amines) is 1. The van der Waals surface area contributed by atoms with Gasteiger partial charge in [-0.25, -0.2) is 0 Å². The normalized spacial score (nSPS) is 30.9. The molecule has 2 bridgehead atoms. The van der Waals surface area contributed by atoms with Crippen LogP contribution in [0.25, 0.3) is 0 Å². The molecule has 0 saturated carbocycles. The van der Waals surface area contributed by atoms with Crippen LogP contribution in [0, 0.1) is 5.92 Å². The van der Waals surface area contributed by atoms with Crippen LogP contribution >= 0.6 is 0 Å². The van der Waals surface area contributed by atoms with E-state index in [4.69, 9.17) is 9.47 Å². The number of hydrogen-bond acceptors (Lipinski definition) is 4. The van der Waals surface area contributed by atoms with Gasteiger partial charge in [0.2, 0.25) is 11.8 Å². The summed E-state index contributed by atoms with van der Waals surface area (Å²) >= 11 is 0. The van der Waals surface area contributed by atoms with E-state index in [1.807, 2.05) is 18.7 Å². The molecule has 0 spiro atoms. The first-order chi connectivity index (χ1) is 10.1. The zero-order valence-electron chi connectivity index (χ0n) is 12.8. The van der Waals surface area contributed by atoms with Crippen molar-refractivity contribution >= 4 is 11.8 Å². The topological polar surface area (TPSA) is 59.1 Å². The van der Waals surface area contributed by atoms with Crippen molar-refractivity contribution in [3.63, 3.8) is 0 Å². The minimum absolute atomic E-state index is 0.0245. The van der Waals surface area contributed by atoms with Crippen LogP contribution in [0.4, 0.5) is 0 Å². The molecule has 3 atom stereocenters. The van der Waals surface area contributed by atoms with E-state index in [2.05, 4.69) is 0 Å². The number of fused-ring (bicyclic) bond motifs is 2. The Morgan fingerprint density at radius 1 is 1.24 bits per heavy atom. The predicted molar refractivity (Wildman–Crippen MR) is 75.6 cm³/mol. The van der Waals surface area contributed by atoms with E-state index in [1.165, 1.54) is 0 Å². The van der Waals surface area contributed by atoms with Gasteiger partial charge < -0.3 is 19.3 Å². The van der Waals surface area contributed by atoms with Gasteiger partial charge in [0.15, 0.2) is 0 Å². The Hall–Kier alpha value is -1.14. The quantitative estimate of drug-likeness (QED) is 0.749. The number of nitrogens with zero attached hydrogens (tertiary/aromatic N) is 2. The molecular formula is C15H24N2O4. The highest BCUT2D eigenvalue weighted by Gasteiger charge is 2.41. The number of hydrogen-bond donors (Lipinski definition) is 0. The van der Waals surface area contributed by atoms with Crippen LogP contribution in [-0.4, -0.2) is 72.7 Å². The molecule has 3 aliphatic rings. The molecule has 0 aromatic carbocycles. The Kier molecular flexibility index (Phi) is 4.17. The highest BCUT2D eigenvalue weighted by atomic mass is 16.6. The van der Waals surface area contributed by atoms with Crippen molar-refractivity contribution in [2.45, 2.75) is 44.9 Å². The minimum Gasteiger partial charge on any atom is -0.376 e. The number of carbonyl (C=O) groups is 2. The van der Waals surface area contributed by atoms with Crippen LogP contribution in [0.3, 0.4) is 0 Å². The van der Waals surface area contributed by atoms with Crippen LogP contribution in [0.15, 0.2) is 0 Å². The minimum atomic E-state index is -0.334. The second kappa shape index (κ2) is 5.93. The van der Waals surface area contributed by atoms with Crippen LogP contribution in [0.2, 0.25) is 0 Å². The summed E-state index contributed by atoms with van der Waals surface area (Å²) in [6.07, 6.45) is 1.38. The molecule has 0 aliphatic carbocycles. The summed E-state index contributed by atoms with van der Waals surface area (Å²) in [5.74, 6) is 0.303. The number of ether oxygens (including phenoxy) is 2. The first kappa shape index (κ1) is 14.8. The van der Waals surface area contributed by atoms with Crippen molar-refractivity contribution < 1.29 is 19.1 Å². The second-order valence-electron chi connectivity index (χ2n) is 6.54. The maximum absolute atomic E-state index is 12.9. The molecule has 0 radical (unpaired) electrons. The fourth-order valence-electron chi connectivity index (χ4n) is 3.55. The molecule has 118 valence electrons. The maximum Gasteiger partial charge on any atom is 0.245 e. The average molecular weight is 296 g/mol. The van der Waals surface area contributed by atoms with Gasteiger partial charge in [-0.3, -0.25) is 9.59 Å². The molecule has 0 aromatic rings. The van der Waals surface area contributed by atoms with Crippen molar-refractivity contribution in [1.29, 1.82) is 0 Å². The SMILES string of the molecule is CC(C)C(C(=O)N1CC2COCC(C1)O2)N1CCCC1=O. The van der Waals surface area contributed by atoms with Crippen molar-refractivity contribution in [3.8, 4) is 0 Å². The summed E-state index contributed by atoms with van der Waals surface area (Å²) in [6, 6.07) is -0.334. The second-order valence-corrected chi connectivity index (χ2v) is 6.54. The summed E-state index contributed by atoms with van der Waals surface area (Å²) in [4.78, 5) is 28.6. The zero-order chi connectivity index (χ0) is 15.0. The predicted octanol–water partition coefficient (Wildman–Crippen LogP) is 0.260. The Labute approximate surface area is 125 Å². The molecule has 0 N–H and O–H groups in total. The molecule has 6 nitrogen and oxygen atoms in total. The molecule has 3 heterocycles. The first-order valence-corrected chi connectivity index (χ1v) is 7.87. The lowest BCUT2D eigenvalue weighted by Crippen LogP contribution is -2.60. The number of carbonyl (C=O) groups excluding carboxylic acids is 2. The fourth-order valence-corrected chi connectivity index (χ4v) is 3.55. The smallest absolute Gasteiger partial charge is 0.245 e. The van der Waals surface area contributed by atoms with Crippen molar-refractivity contribution in [1.82, 2.24) is 9.80 Å². The summed E-state index contributed by atoms with van der Waals surface area (Å²) in [5, 5.41) is 0. The average Bonchev–Trinajstić information content (AvgIpc) is 2.84. The van der Waals surface area contributed by atoms with Gasteiger partial charge in [-0.15, -0.1) is 0 Å². The molecule has 21 heavy (non-hydrogen) atoms. The van der Waals surface area contributed by atoms with E-state index < -0.39 is 0 Å². The van der Waals surface area contributed by atoms with Gasteiger partial charge in [0.25, 0.3) is 0 Å². The zero-order valence-corrected chi connectivity index (χ0v) is 12.8. The highest BCUT2D eigenvalue weighted by Crippen LogP contribution is 2.24. The van der Waals surface area contributed by atoms with Crippen molar-refractivity contribution in [2.75, 3.05) is 32.8 Å². The Bertz CT molecular complexity index is 414. The summed E-state index contributed by atoms with van der Waals surface area (Å²) < 4.78 is 11.3. The summed E-state index contributed by atoms with van der Waals surface area (Å²) in [6.45, 7) is 6.97. The molecule has 6 heteroatoms. The van der Waals surface area contributed by atoms with Crippen LogP contribution in [0.5, 0.6) is 0 Å². The highest BCUT2D eigenvalue weighted by molar-refractivity contribution is 5.89. The third-order valence-electron chi connectivity index (χ3n) is 4.48. The van der Waals surface area contributed by atoms with E-state index in [0.29, 0.717) is 39.3 Å². The third-order valence-corrected chi connectivity index (χ3v) is 4.48. The van der Waals surface area contributed by atoms with Gasteiger partial charge in [-0.05, 0) is 12.3 Å².